The molecular weight excluding hydrogens is 434 g/mol. The van der Waals surface area contributed by atoms with Crippen LogP contribution in [0.25, 0.3) is 0 Å². The molecule has 2 aromatic rings. The number of carbonyl (C=O) groups excluding carboxylic acids is 3. The lowest BCUT2D eigenvalue weighted by Gasteiger charge is -2.38. The van der Waals surface area contributed by atoms with E-state index in [2.05, 4.69) is 0 Å². The van der Waals surface area contributed by atoms with Gasteiger partial charge in [0, 0.05) is 31.2 Å². The molecule has 3 aliphatic heterocycles. The van der Waals surface area contributed by atoms with Gasteiger partial charge in [-0.25, -0.2) is 4.90 Å². The van der Waals surface area contributed by atoms with E-state index in [-0.39, 0.29) is 30.7 Å². The SMILES string of the molecule is O=C([C@H]1COc2ccccc2O1)N1CCN([C@@H]2CC(=O)N(c3ccc(Cl)cc3)C2=O)CC1. The van der Waals surface area contributed by atoms with Crippen LogP contribution >= 0.6 is 11.6 Å². The number of halogens is 1. The minimum atomic E-state index is -0.688. The van der Waals surface area contributed by atoms with Crippen molar-refractivity contribution in [2.45, 2.75) is 18.6 Å². The van der Waals surface area contributed by atoms with Gasteiger partial charge in [0.15, 0.2) is 11.5 Å². The van der Waals surface area contributed by atoms with Crippen molar-refractivity contribution in [2.24, 2.45) is 0 Å². The van der Waals surface area contributed by atoms with Gasteiger partial charge in [-0.05, 0) is 36.4 Å². The molecule has 2 atom stereocenters. The van der Waals surface area contributed by atoms with E-state index in [9.17, 15) is 14.4 Å². The average Bonchev–Trinajstić information content (AvgIpc) is 3.12. The van der Waals surface area contributed by atoms with E-state index < -0.39 is 12.1 Å². The molecule has 0 saturated carbocycles. The van der Waals surface area contributed by atoms with Crippen LogP contribution in [0.1, 0.15) is 6.42 Å². The van der Waals surface area contributed by atoms with Gasteiger partial charge in [-0.2, -0.15) is 0 Å². The molecule has 3 amide bonds. The Morgan fingerprint density at radius 3 is 2.34 bits per heavy atom. The topological polar surface area (TPSA) is 79.4 Å². The summed E-state index contributed by atoms with van der Waals surface area (Å²) in [4.78, 5) is 43.4. The van der Waals surface area contributed by atoms with E-state index in [4.69, 9.17) is 21.1 Å². The number of hydrogen-bond acceptors (Lipinski definition) is 6. The van der Waals surface area contributed by atoms with Gasteiger partial charge in [0.25, 0.3) is 11.8 Å². The van der Waals surface area contributed by atoms with Gasteiger partial charge in [-0.15, -0.1) is 0 Å². The zero-order valence-corrected chi connectivity index (χ0v) is 18.0. The van der Waals surface area contributed by atoms with Gasteiger partial charge in [0.05, 0.1) is 18.2 Å². The highest BCUT2D eigenvalue weighted by molar-refractivity contribution is 6.30. The molecule has 0 spiro atoms. The summed E-state index contributed by atoms with van der Waals surface area (Å²) in [6.45, 7) is 2.10. The van der Waals surface area contributed by atoms with Crippen LogP contribution in [0.5, 0.6) is 11.5 Å². The minimum absolute atomic E-state index is 0.129. The Morgan fingerprint density at radius 2 is 1.62 bits per heavy atom. The summed E-state index contributed by atoms with van der Waals surface area (Å²) in [6, 6.07) is 13.4. The Balaban J connectivity index is 1.20. The zero-order chi connectivity index (χ0) is 22.2. The number of imide groups is 1. The van der Waals surface area contributed by atoms with E-state index >= 15 is 0 Å². The standard InChI is InChI=1S/C23H22ClN3O5/c24-15-5-7-16(8-6-15)27-21(28)13-17(22(27)29)25-9-11-26(12-10-25)23(30)20-14-31-18-3-1-2-4-19(18)32-20/h1-8,17,20H,9-14H2/t17-,20-/m1/s1. The number of piperazine rings is 1. The van der Waals surface area contributed by atoms with Crippen LogP contribution in [0.2, 0.25) is 5.02 Å². The summed E-state index contributed by atoms with van der Waals surface area (Å²) in [5, 5.41) is 0.543. The number of benzene rings is 2. The first-order valence-corrected chi connectivity index (χ1v) is 10.9. The lowest BCUT2D eigenvalue weighted by molar-refractivity contribution is -0.143. The third kappa shape index (κ3) is 3.80. The van der Waals surface area contributed by atoms with Crippen LogP contribution in [0.4, 0.5) is 5.69 Å². The van der Waals surface area contributed by atoms with Gasteiger partial charge in [0.2, 0.25) is 12.0 Å². The molecule has 2 aromatic carbocycles. The molecule has 32 heavy (non-hydrogen) atoms. The second kappa shape index (κ2) is 8.44. The highest BCUT2D eigenvalue weighted by Crippen LogP contribution is 2.32. The molecule has 8 nitrogen and oxygen atoms in total. The maximum Gasteiger partial charge on any atom is 0.267 e. The molecule has 2 fully saturated rings. The first-order chi connectivity index (χ1) is 15.5. The van der Waals surface area contributed by atoms with Crippen molar-refractivity contribution in [3.8, 4) is 11.5 Å². The fourth-order valence-corrected chi connectivity index (χ4v) is 4.49. The number of amides is 3. The summed E-state index contributed by atoms with van der Waals surface area (Å²) in [6.07, 6.45) is -0.558. The van der Waals surface area contributed by atoms with Crippen LogP contribution in [-0.2, 0) is 14.4 Å². The van der Waals surface area contributed by atoms with E-state index in [1.165, 1.54) is 4.90 Å². The smallest absolute Gasteiger partial charge is 0.267 e. The van der Waals surface area contributed by atoms with E-state index in [1.54, 1.807) is 35.2 Å². The van der Waals surface area contributed by atoms with Gasteiger partial charge >= 0.3 is 0 Å². The Labute approximate surface area is 190 Å². The number of rotatable bonds is 3. The lowest BCUT2D eigenvalue weighted by Crippen LogP contribution is -2.57. The molecular formula is C23H22ClN3O5. The Hall–Kier alpha value is -3.10. The van der Waals surface area contributed by atoms with Crippen molar-refractivity contribution in [3.05, 3.63) is 53.6 Å². The summed E-state index contributed by atoms with van der Waals surface area (Å²) < 4.78 is 11.5. The minimum Gasteiger partial charge on any atom is -0.485 e. The number of nitrogens with zero attached hydrogens (tertiary/aromatic N) is 3. The largest absolute Gasteiger partial charge is 0.485 e. The molecule has 3 aliphatic rings. The van der Waals surface area contributed by atoms with Gasteiger partial charge in [-0.3, -0.25) is 19.3 Å². The molecule has 0 aromatic heterocycles. The summed E-state index contributed by atoms with van der Waals surface area (Å²) in [5.74, 6) is 0.602. The normalized spacial score (nSPS) is 23.5. The maximum atomic E-state index is 13.0. The van der Waals surface area contributed by atoms with Crippen LogP contribution < -0.4 is 14.4 Å². The molecule has 3 heterocycles. The molecule has 0 unspecified atom stereocenters. The van der Waals surface area contributed by atoms with Crippen LogP contribution in [0, 0.1) is 0 Å². The third-order valence-corrected chi connectivity index (χ3v) is 6.31. The van der Waals surface area contributed by atoms with Gasteiger partial charge in [0.1, 0.15) is 6.61 Å². The van der Waals surface area contributed by atoms with Crippen molar-refractivity contribution in [1.82, 2.24) is 9.80 Å². The fraction of sp³-hybridized carbons (Fsp3) is 0.348. The maximum absolute atomic E-state index is 13.0. The summed E-state index contributed by atoms with van der Waals surface area (Å²) in [5.41, 5.74) is 0.524. The Bertz CT molecular complexity index is 1050. The quantitative estimate of drug-likeness (QED) is 0.658. The molecule has 0 N–H and O–H groups in total. The number of carbonyl (C=O) groups is 3. The molecule has 0 bridgehead atoms. The summed E-state index contributed by atoms with van der Waals surface area (Å²) in [7, 11) is 0. The molecule has 0 radical (unpaired) electrons. The number of hydrogen-bond donors (Lipinski definition) is 0. The molecule has 0 aliphatic carbocycles. The zero-order valence-electron chi connectivity index (χ0n) is 17.3. The van der Waals surface area contributed by atoms with Crippen molar-refractivity contribution in [2.75, 3.05) is 37.7 Å². The monoisotopic (exact) mass is 455 g/mol. The van der Waals surface area contributed by atoms with E-state index in [1.807, 2.05) is 23.1 Å². The first kappa shape index (κ1) is 20.8. The molecule has 166 valence electrons. The lowest BCUT2D eigenvalue weighted by atomic mass is 10.1. The van der Waals surface area contributed by atoms with Crippen molar-refractivity contribution < 1.29 is 23.9 Å². The van der Waals surface area contributed by atoms with Crippen molar-refractivity contribution >= 4 is 35.0 Å². The fourth-order valence-electron chi connectivity index (χ4n) is 4.36. The second-order valence-corrected chi connectivity index (χ2v) is 8.43. The number of anilines is 1. The van der Waals surface area contributed by atoms with Crippen LogP contribution in [0.3, 0.4) is 0 Å². The van der Waals surface area contributed by atoms with Gasteiger partial charge in [-0.1, -0.05) is 23.7 Å². The first-order valence-electron chi connectivity index (χ1n) is 10.5. The predicted molar refractivity (Wildman–Crippen MR) is 117 cm³/mol. The van der Waals surface area contributed by atoms with E-state index in [0.717, 1.165) is 0 Å². The van der Waals surface area contributed by atoms with Crippen molar-refractivity contribution in [1.29, 1.82) is 0 Å². The Morgan fingerprint density at radius 1 is 0.938 bits per heavy atom. The predicted octanol–water partition coefficient (Wildman–Crippen LogP) is 1.96. The molecule has 9 heteroatoms. The van der Waals surface area contributed by atoms with E-state index in [0.29, 0.717) is 48.4 Å². The van der Waals surface area contributed by atoms with Crippen molar-refractivity contribution in [3.63, 3.8) is 0 Å². The second-order valence-electron chi connectivity index (χ2n) is 7.99. The Kier molecular flexibility index (Phi) is 5.48. The highest BCUT2D eigenvalue weighted by Gasteiger charge is 2.44. The van der Waals surface area contributed by atoms with Crippen LogP contribution in [-0.4, -0.2) is 72.5 Å². The number of para-hydroxylation sites is 2. The van der Waals surface area contributed by atoms with Gasteiger partial charge < -0.3 is 14.4 Å². The summed E-state index contributed by atoms with van der Waals surface area (Å²) >= 11 is 5.92. The third-order valence-electron chi connectivity index (χ3n) is 6.06. The van der Waals surface area contributed by atoms with Crippen LogP contribution in [0.15, 0.2) is 48.5 Å². The number of fused-ring (bicyclic) bond motifs is 1. The average molecular weight is 456 g/mol. The molecule has 5 rings (SSSR count). The number of ether oxygens (including phenoxy) is 2. The molecule has 2 saturated heterocycles. The highest BCUT2D eigenvalue weighted by atomic mass is 35.5.